The van der Waals surface area contributed by atoms with Gasteiger partial charge in [-0.15, -0.1) is 0 Å². The van der Waals surface area contributed by atoms with Gasteiger partial charge in [0.25, 0.3) is 0 Å². The quantitative estimate of drug-likeness (QED) is 0.178. The van der Waals surface area contributed by atoms with Crippen molar-refractivity contribution in [2.24, 2.45) is 0 Å². The molecule has 5 nitrogen and oxygen atoms in total. The van der Waals surface area contributed by atoms with Crippen LogP contribution in [0.3, 0.4) is 0 Å². The van der Waals surface area contributed by atoms with Crippen molar-refractivity contribution in [3.8, 4) is 5.69 Å². The fourth-order valence-corrected chi connectivity index (χ4v) is 6.55. The lowest BCUT2D eigenvalue weighted by Gasteiger charge is -2.19. The van der Waals surface area contributed by atoms with E-state index in [4.69, 9.17) is 8.83 Å². The molecule has 0 saturated carbocycles. The van der Waals surface area contributed by atoms with E-state index in [-0.39, 0.29) is 21.7 Å². The number of aromatic nitrogens is 1. The van der Waals surface area contributed by atoms with E-state index in [1.54, 1.807) is 36.4 Å². The van der Waals surface area contributed by atoms with E-state index in [0.717, 1.165) is 27.5 Å². The van der Waals surface area contributed by atoms with E-state index < -0.39 is 0 Å². The van der Waals surface area contributed by atoms with Gasteiger partial charge in [0.05, 0.1) is 38.3 Å². The smallest absolute Gasteiger partial charge is 0.200 e. The fourth-order valence-electron chi connectivity index (χ4n) is 6.55. The lowest BCUT2D eigenvalue weighted by atomic mass is 9.85. The molecule has 45 heavy (non-hydrogen) atoms. The number of para-hydroxylation sites is 2. The Morgan fingerprint density at radius 2 is 1.04 bits per heavy atom. The van der Waals surface area contributed by atoms with E-state index in [1.165, 1.54) is 11.1 Å². The summed E-state index contributed by atoms with van der Waals surface area (Å²) in [6, 6.07) is 29.5. The first-order chi connectivity index (χ1) is 21.4. The van der Waals surface area contributed by atoms with Gasteiger partial charge < -0.3 is 13.4 Å². The maximum atomic E-state index is 14.1. The molecule has 0 spiro atoms. The molecule has 8 rings (SSSR count). The molecular weight excluding hydrogens is 558 g/mol. The van der Waals surface area contributed by atoms with Crippen LogP contribution in [0, 0.1) is 0 Å². The summed E-state index contributed by atoms with van der Waals surface area (Å²) in [5.41, 5.74) is 6.71. The van der Waals surface area contributed by atoms with Crippen LogP contribution in [0.2, 0.25) is 0 Å². The second kappa shape index (κ2) is 9.18. The van der Waals surface area contributed by atoms with Gasteiger partial charge in [-0.25, -0.2) is 0 Å². The number of hydrogen-bond donors (Lipinski definition) is 0. The summed E-state index contributed by atoms with van der Waals surface area (Å²) in [5.74, 6) is 0. The van der Waals surface area contributed by atoms with Gasteiger partial charge in [-0.05, 0) is 76.6 Å². The summed E-state index contributed by atoms with van der Waals surface area (Å²) < 4.78 is 14.9. The summed E-state index contributed by atoms with van der Waals surface area (Å²) in [5, 5.41) is 3.95. The molecule has 0 aliphatic carbocycles. The molecule has 0 aliphatic heterocycles. The van der Waals surface area contributed by atoms with Crippen molar-refractivity contribution in [3.05, 3.63) is 123 Å². The van der Waals surface area contributed by atoms with Gasteiger partial charge in [0.2, 0.25) is 10.9 Å². The molecule has 0 atom stereocenters. The van der Waals surface area contributed by atoms with Crippen molar-refractivity contribution >= 4 is 65.7 Å². The molecule has 5 aromatic carbocycles. The van der Waals surface area contributed by atoms with Gasteiger partial charge in [0, 0.05) is 16.8 Å². The largest absolute Gasteiger partial charge is 0.456 e. The van der Waals surface area contributed by atoms with Crippen LogP contribution in [0.15, 0.2) is 109 Å². The molecular formula is C40H33NO4. The average Bonchev–Trinajstić information content (AvgIpc) is 3.33. The van der Waals surface area contributed by atoms with Crippen molar-refractivity contribution in [2.75, 3.05) is 0 Å². The SMILES string of the molecule is CC(C)(C)c1ccc2c(c1)c1cc(C(C)(C)C)ccc1n2-c1cccc2c(=O)c3cc4c(=O)c5ccccc5oc4cc3oc12. The standard InChI is InChI=1S/C40H33NO4/c1-39(2,3)22-14-16-30-26(18-22)27-19-23(40(4,5)6)15-17-31(27)41(30)32-12-9-11-25-37(43)29-20-28-34(21-35(29)45-38(25)32)44-33-13-8-7-10-24(33)36(28)42/h7-21H,1-6H3. The van der Waals surface area contributed by atoms with Crippen molar-refractivity contribution in [1.29, 1.82) is 0 Å². The van der Waals surface area contributed by atoms with Crippen LogP contribution in [0.4, 0.5) is 0 Å². The number of rotatable bonds is 1. The molecule has 0 bridgehead atoms. The Bertz CT molecular complexity index is 2580. The Morgan fingerprint density at radius 3 is 1.67 bits per heavy atom. The minimum atomic E-state index is -0.187. The first-order valence-corrected chi connectivity index (χ1v) is 15.3. The first kappa shape index (κ1) is 27.4. The summed E-state index contributed by atoms with van der Waals surface area (Å²) in [7, 11) is 0. The highest BCUT2D eigenvalue weighted by Gasteiger charge is 2.23. The number of fused-ring (bicyclic) bond motifs is 7. The zero-order valence-corrected chi connectivity index (χ0v) is 26.2. The summed E-state index contributed by atoms with van der Waals surface area (Å²) >= 11 is 0. The lowest BCUT2D eigenvalue weighted by Crippen LogP contribution is -2.10. The Hall–Kier alpha value is -5.16. The van der Waals surface area contributed by atoms with E-state index in [2.05, 4.69) is 82.5 Å². The third-order valence-electron chi connectivity index (χ3n) is 9.11. The fraction of sp³-hybridized carbons (Fsp3) is 0.200. The van der Waals surface area contributed by atoms with E-state index in [0.29, 0.717) is 43.9 Å². The van der Waals surface area contributed by atoms with Gasteiger partial charge in [0.15, 0.2) is 5.58 Å². The normalized spacial score (nSPS) is 12.8. The minimum absolute atomic E-state index is 0.0154. The molecule has 5 heteroatoms. The molecule has 3 aromatic heterocycles. The lowest BCUT2D eigenvalue weighted by molar-refractivity contribution is 0.590. The van der Waals surface area contributed by atoms with Crippen LogP contribution in [-0.4, -0.2) is 4.57 Å². The van der Waals surface area contributed by atoms with Gasteiger partial charge in [-0.1, -0.05) is 71.9 Å². The summed E-state index contributed by atoms with van der Waals surface area (Å²) in [4.78, 5) is 27.4. The van der Waals surface area contributed by atoms with Gasteiger partial charge in [0.1, 0.15) is 16.7 Å². The Labute approximate surface area is 259 Å². The Morgan fingerprint density at radius 1 is 0.489 bits per heavy atom. The van der Waals surface area contributed by atoms with Crippen LogP contribution in [-0.2, 0) is 10.8 Å². The second-order valence-electron chi connectivity index (χ2n) is 14.2. The molecule has 222 valence electrons. The molecule has 0 fully saturated rings. The molecule has 8 aromatic rings. The number of benzene rings is 5. The monoisotopic (exact) mass is 591 g/mol. The molecule has 0 saturated heterocycles. The highest BCUT2D eigenvalue weighted by molar-refractivity contribution is 6.11. The maximum absolute atomic E-state index is 14.1. The van der Waals surface area contributed by atoms with Crippen LogP contribution in [0.5, 0.6) is 0 Å². The first-order valence-electron chi connectivity index (χ1n) is 15.3. The molecule has 3 heterocycles. The third-order valence-corrected chi connectivity index (χ3v) is 9.11. The molecule has 0 amide bonds. The second-order valence-corrected chi connectivity index (χ2v) is 14.2. The van der Waals surface area contributed by atoms with Gasteiger partial charge in [-0.3, -0.25) is 9.59 Å². The van der Waals surface area contributed by atoms with Crippen LogP contribution < -0.4 is 10.9 Å². The molecule has 0 radical (unpaired) electrons. The third kappa shape index (κ3) is 4.07. The predicted octanol–water partition coefficient (Wildman–Crippen LogP) is 9.90. The number of hydrogen-bond acceptors (Lipinski definition) is 4. The van der Waals surface area contributed by atoms with Gasteiger partial charge >= 0.3 is 0 Å². The molecule has 0 N–H and O–H groups in total. The van der Waals surface area contributed by atoms with E-state index >= 15 is 0 Å². The topological polar surface area (TPSA) is 65.3 Å². The molecule has 0 unspecified atom stereocenters. The van der Waals surface area contributed by atoms with Crippen molar-refractivity contribution < 1.29 is 8.83 Å². The van der Waals surface area contributed by atoms with Crippen LogP contribution in [0.25, 0.3) is 71.4 Å². The minimum Gasteiger partial charge on any atom is -0.456 e. The van der Waals surface area contributed by atoms with Gasteiger partial charge in [-0.2, -0.15) is 0 Å². The Kier molecular flexibility index (Phi) is 5.59. The summed E-state index contributed by atoms with van der Waals surface area (Å²) in [6.07, 6.45) is 0. The zero-order chi connectivity index (χ0) is 31.4. The summed E-state index contributed by atoms with van der Waals surface area (Å²) in [6.45, 7) is 13.4. The predicted molar refractivity (Wildman–Crippen MR) is 185 cm³/mol. The average molecular weight is 592 g/mol. The molecule has 0 aliphatic rings. The highest BCUT2D eigenvalue weighted by atomic mass is 16.3. The Balaban J connectivity index is 1.48. The number of nitrogens with zero attached hydrogens (tertiary/aromatic N) is 1. The van der Waals surface area contributed by atoms with Crippen molar-refractivity contribution in [1.82, 2.24) is 4.57 Å². The van der Waals surface area contributed by atoms with Crippen LogP contribution >= 0.6 is 0 Å². The van der Waals surface area contributed by atoms with E-state index in [1.807, 2.05) is 18.2 Å². The van der Waals surface area contributed by atoms with E-state index in [9.17, 15) is 9.59 Å². The van der Waals surface area contributed by atoms with Crippen molar-refractivity contribution in [3.63, 3.8) is 0 Å². The zero-order valence-electron chi connectivity index (χ0n) is 26.2. The maximum Gasteiger partial charge on any atom is 0.200 e. The van der Waals surface area contributed by atoms with Crippen molar-refractivity contribution in [2.45, 2.75) is 52.4 Å². The highest BCUT2D eigenvalue weighted by Crippen LogP contribution is 2.39. The van der Waals surface area contributed by atoms with Crippen LogP contribution in [0.1, 0.15) is 52.7 Å².